The first-order chi connectivity index (χ1) is 9.85. The molecule has 0 N–H and O–H groups in total. The molecular formula is C14H21NO6. The zero-order valence-corrected chi connectivity index (χ0v) is 12.8. The lowest BCUT2D eigenvalue weighted by molar-refractivity contribution is -0.153. The highest BCUT2D eigenvalue weighted by atomic mass is 16.6. The van der Waals surface area contributed by atoms with Gasteiger partial charge >= 0.3 is 18.0 Å². The molecule has 0 unspecified atom stereocenters. The van der Waals surface area contributed by atoms with Crippen molar-refractivity contribution >= 4 is 18.0 Å². The molecule has 0 bridgehead atoms. The average molecular weight is 299 g/mol. The molecule has 0 aliphatic carbocycles. The smallest absolute Gasteiger partial charge is 0.414 e. The summed E-state index contributed by atoms with van der Waals surface area (Å²) in [5, 5.41) is 0. The minimum absolute atomic E-state index is 0.179. The normalized spacial score (nSPS) is 18.0. The van der Waals surface area contributed by atoms with E-state index in [0.717, 1.165) is 4.90 Å². The molecular weight excluding hydrogens is 278 g/mol. The first-order valence-corrected chi connectivity index (χ1v) is 6.89. The van der Waals surface area contributed by atoms with Gasteiger partial charge < -0.3 is 14.2 Å². The van der Waals surface area contributed by atoms with E-state index in [-0.39, 0.29) is 12.7 Å². The molecule has 1 amide bonds. The van der Waals surface area contributed by atoms with Gasteiger partial charge in [-0.05, 0) is 27.2 Å². The van der Waals surface area contributed by atoms with Crippen LogP contribution in [0.25, 0.3) is 0 Å². The highest BCUT2D eigenvalue weighted by Crippen LogP contribution is 2.24. The summed E-state index contributed by atoms with van der Waals surface area (Å²) in [4.78, 5) is 36.1. The van der Waals surface area contributed by atoms with Crippen molar-refractivity contribution in [3.05, 3.63) is 12.0 Å². The summed E-state index contributed by atoms with van der Waals surface area (Å²) in [7, 11) is 0. The molecule has 0 aromatic rings. The van der Waals surface area contributed by atoms with Crippen LogP contribution in [-0.2, 0) is 23.8 Å². The van der Waals surface area contributed by atoms with Gasteiger partial charge in [0, 0.05) is 19.5 Å². The van der Waals surface area contributed by atoms with Crippen molar-refractivity contribution in [1.82, 2.24) is 4.90 Å². The van der Waals surface area contributed by atoms with Crippen molar-refractivity contribution in [1.29, 1.82) is 0 Å². The van der Waals surface area contributed by atoms with E-state index < -0.39 is 24.1 Å². The molecule has 1 rings (SSSR count). The monoisotopic (exact) mass is 299 g/mol. The standard InChI is InChI=1S/C14H21NO6/c1-5-19-14(18)15-8-11(21-10(4)16)6-7-12(15)13(17)20-9(2)3/h8-9,12H,5-7H2,1-4H3/t12-/m0/s1. The van der Waals surface area contributed by atoms with Crippen LogP contribution >= 0.6 is 0 Å². The summed E-state index contributed by atoms with van der Waals surface area (Å²) in [6.07, 6.45) is 1.05. The lowest BCUT2D eigenvalue weighted by Crippen LogP contribution is -2.45. The minimum Gasteiger partial charge on any atom is -0.461 e. The van der Waals surface area contributed by atoms with Crippen LogP contribution in [-0.4, -0.2) is 41.7 Å². The molecule has 1 aliphatic rings. The van der Waals surface area contributed by atoms with Crippen LogP contribution in [0.2, 0.25) is 0 Å². The molecule has 1 aliphatic heterocycles. The van der Waals surface area contributed by atoms with Crippen molar-refractivity contribution in [2.75, 3.05) is 6.61 Å². The van der Waals surface area contributed by atoms with Gasteiger partial charge in [-0.3, -0.25) is 9.69 Å². The third kappa shape index (κ3) is 5.09. The topological polar surface area (TPSA) is 82.1 Å². The molecule has 0 aromatic heterocycles. The van der Waals surface area contributed by atoms with E-state index in [0.29, 0.717) is 18.6 Å². The number of hydrogen-bond acceptors (Lipinski definition) is 6. The second kappa shape index (κ2) is 7.66. The number of ether oxygens (including phenoxy) is 3. The summed E-state index contributed by atoms with van der Waals surface area (Å²) >= 11 is 0. The Balaban J connectivity index is 2.92. The Morgan fingerprint density at radius 2 is 2.05 bits per heavy atom. The minimum atomic E-state index is -0.772. The molecule has 7 nitrogen and oxygen atoms in total. The second-order valence-electron chi connectivity index (χ2n) is 4.84. The van der Waals surface area contributed by atoms with Gasteiger partial charge in [0.1, 0.15) is 11.8 Å². The number of amides is 1. The highest BCUT2D eigenvalue weighted by Gasteiger charge is 2.35. The Bertz CT molecular complexity index is 443. The van der Waals surface area contributed by atoms with Crippen molar-refractivity contribution in [2.24, 2.45) is 0 Å². The summed E-state index contributed by atoms with van der Waals surface area (Å²) in [5.74, 6) is -0.659. The number of nitrogens with zero attached hydrogens (tertiary/aromatic N) is 1. The van der Waals surface area contributed by atoms with Gasteiger partial charge in [-0.2, -0.15) is 0 Å². The van der Waals surface area contributed by atoms with Crippen LogP contribution in [0.3, 0.4) is 0 Å². The number of hydrogen-bond donors (Lipinski definition) is 0. The SMILES string of the molecule is CCOC(=O)N1C=C(OC(C)=O)CC[C@H]1C(=O)OC(C)C. The summed E-state index contributed by atoms with van der Waals surface area (Å²) < 4.78 is 15.0. The number of allylic oxidation sites excluding steroid dienone is 1. The highest BCUT2D eigenvalue weighted by molar-refractivity contribution is 5.82. The number of rotatable bonds is 4. The van der Waals surface area contributed by atoms with Gasteiger partial charge in [0.2, 0.25) is 0 Å². The Kier molecular flexibility index (Phi) is 6.20. The van der Waals surface area contributed by atoms with E-state index >= 15 is 0 Å². The zero-order valence-electron chi connectivity index (χ0n) is 12.8. The first-order valence-electron chi connectivity index (χ1n) is 6.89. The Morgan fingerprint density at radius 1 is 1.38 bits per heavy atom. The molecule has 0 fully saturated rings. The van der Waals surface area contributed by atoms with Crippen molar-refractivity contribution in [3.8, 4) is 0 Å². The molecule has 0 saturated carbocycles. The van der Waals surface area contributed by atoms with Crippen molar-refractivity contribution in [2.45, 2.75) is 52.7 Å². The number of esters is 2. The second-order valence-corrected chi connectivity index (χ2v) is 4.84. The lowest BCUT2D eigenvalue weighted by Gasteiger charge is -2.31. The van der Waals surface area contributed by atoms with Crippen molar-refractivity contribution in [3.63, 3.8) is 0 Å². The molecule has 7 heteroatoms. The van der Waals surface area contributed by atoms with E-state index in [9.17, 15) is 14.4 Å². The Morgan fingerprint density at radius 3 is 2.57 bits per heavy atom. The maximum Gasteiger partial charge on any atom is 0.414 e. The van der Waals surface area contributed by atoms with Crippen molar-refractivity contribution < 1.29 is 28.6 Å². The fraction of sp³-hybridized carbons (Fsp3) is 0.643. The number of carbonyl (C=O) groups is 3. The fourth-order valence-corrected chi connectivity index (χ4v) is 1.91. The predicted molar refractivity (Wildman–Crippen MR) is 73.0 cm³/mol. The maximum atomic E-state index is 12.0. The maximum absolute atomic E-state index is 12.0. The van der Waals surface area contributed by atoms with Gasteiger partial charge in [-0.15, -0.1) is 0 Å². The van der Waals surface area contributed by atoms with Gasteiger partial charge in [0.25, 0.3) is 0 Å². The number of carbonyl (C=O) groups excluding carboxylic acids is 3. The van der Waals surface area contributed by atoms with E-state index in [1.165, 1.54) is 13.1 Å². The van der Waals surface area contributed by atoms with E-state index in [2.05, 4.69) is 0 Å². The summed E-state index contributed by atoms with van der Waals surface area (Å²) in [5.41, 5.74) is 0. The molecule has 1 heterocycles. The quantitative estimate of drug-likeness (QED) is 0.583. The Labute approximate surface area is 123 Å². The molecule has 0 spiro atoms. The van der Waals surface area contributed by atoms with Crippen LogP contribution in [0.5, 0.6) is 0 Å². The largest absolute Gasteiger partial charge is 0.461 e. The summed E-state index contributed by atoms with van der Waals surface area (Å²) in [6.45, 7) is 6.58. The van der Waals surface area contributed by atoms with Crippen LogP contribution in [0, 0.1) is 0 Å². The molecule has 1 atom stereocenters. The Hall–Kier alpha value is -2.05. The van der Waals surface area contributed by atoms with Gasteiger partial charge in [-0.1, -0.05) is 0 Å². The van der Waals surface area contributed by atoms with E-state index in [1.807, 2.05) is 0 Å². The predicted octanol–water partition coefficient (Wildman–Crippen LogP) is 1.96. The van der Waals surface area contributed by atoms with Crippen LogP contribution in [0.15, 0.2) is 12.0 Å². The first kappa shape index (κ1) is 17.0. The fourth-order valence-electron chi connectivity index (χ4n) is 1.91. The van der Waals surface area contributed by atoms with Crippen LogP contribution < -0.4 is 0 Å². The third-order valence-corrected chi connectivity index (χ3v) is 2.66. The lowest BCUT2D eigenvalue weighted by atomic mass is 10.1. The van der Waals surface area contributed by atoms with E-state index in [4.69, 9.17) is 14.2 Å². The van der Waals surface area contributed by atoms with Crippen LogP contribution in [0.4, 0.5) is 4.79 Å². The third-order valence-electron chi connectivity index (χ3n) is 2.66. The molecule has 0 saturated heterocycles. The van der Waals surface area contributed by atoms with Gasteiger partial charge in [-0.25, -0.2) is 9.59 Å². The molecule has 0 radical (unpaired) electrons. The van der Waals surface area contributed by atoms with E-state index in [1.54, 1.807) is 20.8 Å². The van der Waals surface area contributed by atoms with Gasteiger partial charge in [0.15, 0.2) is 0 Å². The molecule has 118 valence electrons. The average Bonchev–Trinajstić information content (AvgIpc) is 2.37. The molecule has 0 aromatic carbocycles. The van der Waals surface area contributed by atoms with Gasteiger partial charge in [0.05, 0.1) is 12.7 Å². The zero-order chi connectivity index (χ0) is 16.0. The summed E-state index contributed by atoms with van der Waals surface area (Å²) in [6, 6.07) is -0.772. The molecule has 21 heavy (non-hydrogen) atoms. The van der Waals surface area contributed by atoms with Crippen LogP contribution in [0.1, 0.15) is 40.5 Å².